The average molecular weight is 367 g/mol. The Hall–Kier alpha value is -2.75. The van der Waals surface area contributed by atoms with Crippen molar-refractivity contribution in [2.45, 2.75) is 57.3 Å². The molecule has 0 bridgehead atoms. The molecule has 3 fully saturated rings. The summed E-state index contributed by atoms with van der Waals surface area (Å²) < 4.78 is 10.9. The quantitative estimate of drug-likeness (QED) is 0.798. The number of hydrogen-bond acceptors (Lipinski definition) is 5. The van der Waals surface area contributed by atoms with Gasteiger partial charge in [-0.25, -0.2) is 0 Å². The summed E-state index contributed by atoms with van der Waals surface area (Å²) in [7, 11) is 0. The van der Waals surface area contributed by atoms with Crippen LogP contribution >= 0.6 is 0 Å². The maximum atomic E-state index is 13.3. The predicted molar refractivity (Wildman–Crippen MR) is 93.6 cm³/mol. The van der Waals surface area contributed by atoms with Gasteiger partial charge in [-0.2, -0.15) is 5.26 Å². The molecule has 0 radical (unpaired) electrons. The van der Waals surface area contributed by atoms with Gasteiger partial charge in [0.2, 0.25) is 18.6 Å². The lowest BCUT2D eigenvalue weighted by Gasteiger charge is -2.43. The van der Waals surface area contributed by atoms with Crippen LogP contribution < -0.4 is 9.47 Å². The van der Waals surface area contributed by atoms with E-state index < -0.39 is 23.5 Å². The first-order chi connectivity index (χ1) is 12.9. The molecule has 2 amide bonds. The molecule has 1 aromatic rings. The smallest absolute Gasteiger partial charge is 0.246 e. The lowest BCUT2D eigenvalue weighted by Crippen LogP contribution is -2.62. The zero-order chi connectivity index (χ0) is 18.9. The maximum Gasteiger partial charge on any atom is 0.246 e. The molecular weight excluding hydrogens is 346 g/mol. The van der Waals surface area contributed by atoms with Crippen molar-refractivity contribution in [1.29, 1.82) is 5.26 Å². The molecule has 1 saturated carbocycles. The van der Waals surface area contributed by atoms with Crippen LogP contribution in [-0.2, 0) is 9.59 Å². The van der Waals surface area contributed by atoms with Gasteiger partial charge in [0.15, 0.2) is 11.5 Å². The van der Waals surface area contributed by atoms with Gasteiger partial charge in [-0.05, 0) is 50.8 Å². The van der Waals surface area contributed by atoms with Crippen molar-refractivity contribution in [2.24, 2.45) is 5.41 Å². The van der Waals surface area contributed by atoms with Gasteiger partial charge in [0.05, 0.1) is 17.5 Å². The Morgan fingerprint density at radius 2 is 1.89 bits per heavy atom. The Morgan fingerprint density at radius 1 is 1.15 bits per heavy atom. The summed E-state index contributed by atoms with van der Waals surface area (Å²) in [6.07, 6.45) is 2.26. The summed E-state index contributed by atoms with van der Waals surface area (Å²) in [6, 6.07) is 6.53. The Bertz CT molecular complexity index is 890. The minimum absolute atomic E-state index is 0.0191. The number of hydrogen-bond donors (Lipinski definition) is 0. The number of piperazine rings is 1. The summed E-state index contributed by atoms with van der Waals surface area (Å²) in [5, 5.41) is 9.95. The zero-order valence-electron chi connectivity index (χ0n) is 15.3. The first-order valence-electron chi connectivity index (χ1n) is 9.40. The molecule has 4 unspecified atom stereocenters. The van der Waals surface area contributed by atoms with Crippen molar-refractivity contribution in [2.75, 3.05) is 6.79 Å². The fraction of sp³-hybridized carbons (Fsp3) is 0.550. The van der Waals surface area contributed by atoms with Gasteiger partial charge < -0.3 is 19.3 Å². The van der Waals surface area contributed by atoms with Crippen molar-refractivity contribution in [3.8, 4) is 17.6 Å². The standard InChI is InChI=1S/C20H21N3O4/c1-11-18(24)23-14(19(25)22(11)13-4-5-13)8-20(2,9-21)17(23)12-3-6-15-16(7-12)27-10-26-15/h3,6-7,11,13-14,17H,4-5,8,10H2,1-2H3. The van der Waals surface area contributed by atoms with Gasteiger partial charge >= 0.3 is 0 Å². The van der Waals surface area contributed by atoms with Crippen LogP contribution in [0.2, 0.25) is 0 Å². The molecule has 3 aliphatic heterocycles. The molecule has 5 rings (SSSR count). The van der Waals surface area contributed by atoms with Gasteiger partial charge in [0.1, 0.15) is 12.1 Å². The van der Waals surface area contributed by atoms with Crippen LogP contribution in [0.3, 0.4) is 0 Å². The molecule has 2 saturated heterocycles. The number of rotatable bonds is 2. The summed E-state index contributed by atoms with van der Waals surface area (Å²) >= 11 is 0. The summed E-state index contributed by atoms with van der Waals surface area (Å²) in [5.41, 5.74) is -0.0396. The van der Waals surface area contributed by atoms with Crippen molar-refractivity contribution < 1.29 is 19.1 Å². The van der Waals surface area contributed by atoms with Crippen LogP contribution in [0.5, 0.6) is 11.5 Å². The Kier molecular flexibility index (Phi) is 3.27. The zero-order valence-corrected chi connectivity index (χ0v) is 15.3. The number of amides is 2. The highest BCUT2D eigenvalue weighted by Gasteiger charge is 2.60. The molecule has 140 valence electrons. The van der Waals surface area contributed by atoms with E-state index in [1.165, 1.54) is 0 Å². The highest BCUT2D eigenvalue weighted by atomic mass is 16.7. The lowest BCUT2D eigenvalue weighted by molar-refractivity contribution is -0.161. The molecule has 1 aromatic carbocycles. The molecule has 1 aliphatic carbocycles. The number of nitriles is 1. The third-order valence-corrected chi connectivity index (χ3v) is 6.31. The average Bonchev–Trinajstić information content (AvgIpc) is 3.28. The predicted octanol–water partition coefficient (Wildman–Crippen LogP) is 1.98. The number of fused-ring (bicyclic) bond motifs is 2. The van der Waals surface area contributed by atoms with E-state index in [4.69, 9.17) is 9.47 Å². The van der Waals surface area contributed by atoms with Crippen LogP contribution in [0.25, 0.3) is 0 Å². The van der Waals surface area contributed by atoms with Crippen LogP contribution in [0.1, 0.15) is 44.7 Å². The Morgan fingerprint density at radius 3 is 2.59 bits per heavy atom. The van der Waals surface area contributed by atoms with Gasteiger partial charge in [-0.15, -0.1) is 0 Å². The van der Waals surface area contributed by atoms with E-state index in [-0.39, 0.29) is 24.6 Å². The minimum Gasteiger partial charge on any atom is -0.454 e. The summed E-state index contributed by atoms with van der Waals surface area (Å²) in [5.74, 6) is 1.17. The molecule has 7 nitrogen and oxygen atoms in total. The topological polar surface area (TPSA) is 82.9 Å². The minimum atomic E-state index is -0.844. The number of carbonyl (C=O) groups is 2. The van der Waals surface area contributed by atoms with Crippen molar-refractivity contribution in [3.05, 3.63) is 23.8 Å². The number of nitrogens with zero attached hydrogens (tertiary/aromatic N) is 3. The first-order valence-corrected chi connectivity index (χ1v) is 9.40. The number of carbonyl (C=O) groups excluding carboxylic acids is 2. The van der Waals surface area contributed by atoms with Crippen molar-refractivity contribution in [1.82, 2.24) is 9.80 Å². The third-order valence-electron chi connectivity index (χ3n) is 6.31. The molecule has 0 spiro atoms. The normalized spacial score (nSPS) is 34.6. The molecule has 4 aliphatic rings. The molecule has 4 atom stereocenters. The SMILES string of the molecule is CC1C(=O)N2C(CC(C)(C#N)C2c2ccc3c(c2)OCO3)C(=O)N1C1CC1. The van der Waals surface area contributed by atoms with Gasteiger partial charge in [0.25, 0.3) is 0 Å². The largest absolute Gasteiger partial charge is 0.454 e. The van der Waals surface area contributed by atoms with Crippen molar-refractivity contribution in [3.63, 3.8) is 0 Å². The highest BCUT2D eigenvalue weighted by Crippen LogP contribution is 2.53. The van der Waals surface area contributed by atoms with Crippen LogP contribution in [0.4, 0.5) is 0 Å². The lowest BCUT2D eigenvalue weighted by atomic mass is 9.79. The molecule has 27 heavy (non-hydrogen) atoms. The second-order valence-corrected chi connectivity index (χ2v) is 8.16. The van der Waals surface area contributed by atoms with Gasteiger partial charge in [0, 0.05) is 6.04 Å². The van der Waals surface area contributed by atoms with E-state index in [0.717, 1.165) is 18.4 Å². The Labute approximate surface area is 157 Å². The van der Waals surface area contributed by atoms with E-state index in [0.29, 0.717) is 17.9 Å². The van der Waals surface area contributed by atoms with Gasteiger partial charge in [-0.1, -0.05) is 6.07 Å². The van der Waals surface area contributed by atoms with Crippen molar-refractivity contribution >= 4 is 11.8 Å². The van der Waals surface area contributed by atoms with E-state index in [2.05, 4.69) is 6.07 Å². The fourth-order valence-corrected chi connectivity index (χ4v) is 4.85. The fourth-order valence-electron chi connectivity index (χ4n) is 4.85. The van der Waals surface area contributed by atoms with E-state index >= 15 is 0 Å². The van der Waals surface area contributed by atoms with Crippen LogP contribution in [0, 0.1) is 16.7 Å². The molecule has 3 heterocycles. The van der Waals surface area contributed by atoms with E-state index in [1.807, 2.05) is 19.1 Å². The molecule has 0 aromatic heterocycles. The van der Waals surface area contributed by atoms with Crippen LogP contribution in [-0.4, -0.2) is 46.5 Å². The number of benzene rings is 1. The van der Waals surface area contributed by atoms with Crippen LogP contribution in [0.15, 0.2) is 18.2 Å². The molecule has 7 heteroatoms. The second-order valence-electron chi connectivity index (χ2n) is 8.16. The number of ether oxygens (including phenoxy) is 2. The van der Waals surface area contributed by atoms with E-state index in [9.17, 15) is 14.9 Å². The highest BCUT2D eigenvalue weighted by molar-refractivity contribution is 5.98. The molecular formula is C20H21N3O4. The van der Waals surface area contributed by atoms with Gasteiger partial charge in [-0.3, -0.25) is 9.59 Å². The monoisotopic (exact) mass is 367 g/mol. The Balaban J connectivity index is 1.59. The second kappa shape index (κ2) is 5.38. The maximum absolute atomic E-state index is 13.3. The summed E-state index contributed by atoms with van der Waals surface area (Å²) in [4.78, 5) is 29.9. The first kappa shape index (κ1) is 16.4. The third kappa shape index (κ3) is 2.19. The van der Waals surface area contributed by atoms with E-state index in [1.54, 1.807) is 22.8 Å². The summed E-state index contributed by atoms with van der Waals surface area (Å²) in [6.45, 7) is 3.80. The molecule has 0 N–H and O–H groups in total.